The van der Waals surface area contributed by atoms with E-state index in [0.717, 1.165) is 17.5 Å². The molecule has 7 heteroatoms. The summed E-state index contributed by atoms with van der Waals surface area (Å²) in [6.07, 6.45) is 0.766. The highest BCUT2D eigenvalue weighted by Crippen LogP contribution is 2.18. The van der Waals surface area contributed by atoms with Gasteiger partial charge in [0, 0.05) is 20.1 Å². The highest BCUT2D eigenvalue weighted by atomic mass is 127. The van der Waals surface area contributed by atoms with Gasteiger partial charge >= 0.3 is 0 Å². The average Bonchev–Trinajstić information content (AvgIpc) is 2.62. The zero-order chi connectivity index (χ0) is 18.9. The third kappa shape index (κ3) is 7.80. The first kappa shape index (κ1) is 23.3. The van der Waals surface area contributed by atoms with Crippen molar-refractivity contribution >= 4 is 29.9 Å². The average molecular weight is 488 g/mol. The van der Waals surface area contributed by atoms with Crippen molar-refractivity contribution in [3.05, 3.63) is 71.3 Å². The van der Waals surface area contributed by atoms with E-state index in [1.165, 1.54) is 18.2 Å². The van der Waals surface area contributed by atoms with Crippen molar-refractivity contribution in [1.29, 1.82) is 0 Å². The number of guanidine groups is 1. The number of halogens is 3. The Labute approximate surface area is 177 Å². The summed E-state index contributed by atoms with van der Waals surface area (Å²) < 4.78 is 26.4. The van der Waals surface area contributed by atoms with Gasteiger partial charge in [0.1, 0.15) is 11.6 Å². The van der Waals surface area contributed by atoms with Crippen molar-refractivity contribution in [3.63, 3.8) is 0 Å². The van der Waals surface area contributed by atoms with Gasteiger partial charge < -0.3 is 15.5 Å². The molecule has 0 saturated carbocycles. The van der Waals surface area contributed by atoms with E-state index in [0.29, 0.717) is 19.0 Å². The Kier molecular flexibility index (Phi) is 10.2. The summed E-state index contributed by atoms with van der Waals surface area (Å²) in [6, 6.07) is 13.1. The Balaban J connectivity index is 0.00000364. The Morgan fingerprint density at radius 1 is 1.04 bits per heavy atom. The minimum atomic E-state index is -0.240. The van der Waals surface area contributed by atoms with Gasteiger partial charge in [0.15, 0.2) is 5.96 Å². The summed E-state index contributed by atoms with van der Waals surface area (Å²) in [5.41, 5.74) is 1.96. The molecule has 0 heterocycles. The van der Waals surface area contributed by atoms with Crippen LogP contribution in [0.5, 0.6) is 0 Å². The first-order valence-corrected chi connectivity index (χ1v) is 8.60. The lowest BCUT2D eigenvalue weighted by Crippen LogP contribution is -2.42. The van der Waals surface area contributed by atoms with Gasteiger partial charge in [-0.25, -0.2) is 8.78 Å². The van der Waals surface area contributed by atoms with Gasteiger partial charge in [-0.15, -0.1) is 24.0 Å². The molecule has 2 aromatic carbocycles. The Morgan fingerprint density at radius 3 is 2.33 bits per heavy atom. The monoisotopic (exact) mass is 488 g/mol. The van der Waals surface area contributed by atoms with E-state index in [-0.39, 0.29) is 41.7 Å². The molecule has 27 heavy (non-hydrogen) atoms. The van der Waals surface area contributed by atoms with Crippen molar-refractivity contribution < 1.29 is 8.78 Å². The van der Waals surface area contributed by atoms with E-state index in [2.05, 4.69) is 15.6 Å². The van der Waals surface area contributed by atoms with Crippen LogP contribution in [0, 0.1) is 11.6 Å². The van der Waals surface area contributed by atoms with E-state index in [9.17, 15) is 8.78 Å². The minimum absolute atomic E-state index is 0. The second-order valence-corrected chi connectivity index (χ2v) is 6.29. The number of aliphatic imine (C=N–C) groups is 1. The molecule has 0 aliphatic heterocycles. The van der Waals surface area contributed by atoms with E-state index < -0.39 is 0 Å². The molecular formula is C20H27F2IN4. The molecule has 0 fully saturated rings. The van der Waals surface area contributed by atoms with Crippen LogP contribution in [-0.4, -0.2) is 45.1 Å². The smallest absolute Gasteiger partial charge is 0.191 e. The topological polar surface area (TPSA) is 39.7 Å². The van der Waals surface area contributed by atoms with Crippen LogP contribution in [0.4, 0.5) is 8.78 Å². The van der Waals surface area contributed by atoms with Crippen molar-refractivity contribution in [2.24, 2.45) is 4.99 Å². The molecule has 148 valence electrons. The lowest BCUT2D eigenvalue weighted by molar-refractivity contribution is 0.297. The normalized spacial score (nSPS) is 12.4. The van der Waals surface area contributed by atoms with Gasteiger partial charge in [-0.2, -0.15) is 0 Å². The first-order valence-electron chi connectivity index (χ1n) is 8.60. The molecule has 2 rings (SSSR count). The summed E-state index contributed by atoms with van der Waals surface area (Å²) in [6.45, 7) is 1.27. The molecule has 0 amide bonds. The third-order valence-corrected chi connectivity index (χ3v) is 4.16. The van der Waals surface area contributed by atoms with Gasteiger partial charge in [-0.1, -0.05) is 24.3 Å². The zero-order valence-corrected chi connectivity index (χ0v) is 18.2. The Hall–Kier alpha value is -1.74. The van der Waals surface area contributed by atoms with Crippen LogP contribution in [0.25, 0.3) is 0 Å². The molecule has 0 aliphatic rings. The maximum atomic E-state index is 13.5. The molecule has 2 aromatic rings. The molecule has 0 saturated heterocycles. The molecule has 0 aromatic heterocycles. The highest BCUT2D eigenvalue weighted by molar-refractivity contribution is 14.0. The second-order valence-electron chi connectivity index (χ2n) is 6.29. The second kappa shape index (κ2) is 11.9. The summed E-state index contributed by atoms with van der Waals surface area (Å²) in [5, 5.41) is 6.52. The maximum Gasteiger partial charge on any atom is 0.191 e. The van der Waals surface area contributed by atoms with Crippen molar-refractivity contribution in [2.75, 3.05) is 34.2 Å². The number of likely N-dealkylation sites (N-methyl/N-ethyl adjacent to an activating group) is 1. The number of hydrogen-bond acceptors (Lipinski definition) is 2. The fraction of sp³-hybridized carbons (Fsp3) is 0.350. The van der Waals surface area contributed by atoms with Crippen LogP contribution >= 0.6 is 24.0 Å². The predicted molar refractivity (Wildman–Crippen MR) is 118 cm³/mol. The molecule has 0 radical (unpaired) electrons. The van der Waals surface area contributed by atoms with Gasteiger partial charge in [-0.3, -0.25) is 4.99 Å². The summed E-state index contributed by atoms with van der Waals surface area (Å²) >= 11 is 0. The predicted octanol–water partition coefficient (Wildman–Crippen LogP) is 3.59. The van der Waals surface area contributed by atoms with E-state index in [1.807, 2.05) is 25.1 Å². The number of nitrogens with zero attached hydrogens (tertiary/aromatic N) is 2. The summed E-state index contributed by atoms with van der Waals surface area (Å²) in [5.74, 6) is 0.206. The van der Waals surface area contributed by atoms with Gasteiger partial charge in [0.2, 0.25) is 0 Å². The molecule has 2 N–H and O–H groups in total. The molecule has 0 bridgehead atoms. The number of hydrogen-bond donors (Lipinski definition) is 2. The van der Waals surface area contributed by atoms with Crippen LogP contribution in [0.1, 0.15) is 17.2 Å². The lowest BCUT2D eigenvalue weighted by atomic mass is 10.1. The number of rotatable bonds is 7. The largest absolute Gasteiger partial charge is 0.356 e. The lowest BCUT2D eigenvalue weighted by Gasteiger charge is -2.26. The van der Waals surface area contributed by atoms with Crippen LogP contribution in [-0.2, 0) is 6.42 Å². The van der Waals surface area contributed by atoms with Crippen LogP contribution in [0.3, 0.4) is 0 Å². The SMILES string of the molecule is CN=C(NCCc1ccc(F)cc1)NCC(c1cccc(F)c1)N(C)C.I. The fourth-order valence-corrected chi connectivity index (χ4v) is 2.70. The Morgan fingerprint density at radius 2 is 1.74 bits per heavy atom. The van der Waals surface area contributed by atoms with Crippen molar-refractivity contribution in [2.45, 2.75) is 12.5 Å². The van der Waals surface area contributed by atoms with Gasteiger partial charge in [0.05, 0.1) is 6.04 Å². The van der Waals surface area contributed by atoms with Crippen molar-refractivity contribution in [1.82, 2.24) is 15.5 Å². The molecule has 1 unspecified atom stereocenters. The number of nitrogens with one attached hydrogen (secondary N) is 2. The standard InChI is InChI=1S/C20H26F2N4.HI/c1-23-20(24-12-11-15-7-9-17(21)10-8-15)25-14-19(26(2)3)16-5-4-6-18(22)13-16;/h4-10,13,19H,11-12,14H2,1-3H3,(H2,23,24,25);1H. The summed E-state index contributed by atoms with van der Waals surface area (Å²) in [7, 11) is 5.63. The first-order chi connectivity index (χ1) is 12.5. The quantitative estimate of drug-likeness (QED) is 0.356. The fourth-order valence-electron chi connectivity index (χ4n) is 2.70. The molecular weight excluding hydrogens is 461 g/mol. The van der Waals surface area contributed by atoms with Crippen LogP contribution in [0.2, 0.25) is 0 Å². The highest BCUT2D eigenvalue weighted by Gasteiger charge is 2.15. The van der Waals surface area contributed by atoms with E-state index in [4.69, 9.17) is 0 Å². The van der Waals surface area contributed by atoms with Gasteiger partial charge in [0.25, 0.3) is 0 Å². The van der Waals surface area contributed by atoms with Crippen LogP contribution < -0.4 is 10.6 Å². The van der Waals surface area contributed by atoms with Gasteiger partial charge in [-0.05, 0) is 55.9 Å². The Bertz CT molecular complexity index is 720. The minimum Gasteiger partial charge on any atom is -0.356 e. The molecule has 0 spiro atoms. The third-order valence-electron chi connectivity index (χ3n) is 4.16. The van der Waals surface area contributed by atoms with Crippen molar-refractivity contribution in [3.8, 4) is 0 Å². The maximum absolute atomic E-state index is 13.5. The molecule has 1 atom stereocenters. The molecule has 4 nitrogen and oxygen atoms in total. The summed E-state index contributed by atoms with van der Waals surface area (Å²) in [4.78, 5) is 6.25. The van der Waals surface area contributed by atoms with E-state index >= 15 is 0 Å². The number of benzene rings is 2. The molecule has 0 aliphatic carbocycles. The van der Waals surface area contributed by atoms with Crippen LogP contribution in [0.15, 0.2) is 53.5 Å². The zero-order valence-electron chi connectivity index (χ0n) is 15.9. The van der Waals surface area contributed by atoms with E-state index in [1.54, 1.807) is 31.3 Å².